The number of nitrogens with one attached hydrogen (secondary N) is 1. The zero-order valence-electron chi connectivity index (χ0n) is 10.6. The Morgan fingerprint density at radius 1 is 1.12 bits per heavy atom. The molecular formula is C14H22N2O. The first-order chi connectivity index (χ1) is 8.40. The summed E-state index contributed by atoms with van der Waals surface area (Å²) in [7, 11) is 1.74. The highest BCUT2D eigenvalue weighted by atomic mass is 16.5. The Morgan fingerprint density at radius 2 is 1.82 bits per heavy atom. The van der Waals surface area contributed by atoms with Crippen LogP contribution >= 0.6 is 0 Å². The minimum absolute atomic E-state index is 0.692. The molecule has 3 nitrogen and oxygen atoms in total. The van der Waals surface area contributed by atoms with Gasteiger partial charge >= 0.3 is 0 Å². The normalized spacial score (nSPS) is 17.2. The largest absolute Gasteiger partial charge is 0.380 e. The van der Waals surface area contributed by atoms with Gasteiger partial charge in [0.05, 0.1) is 6.61 Å². The number of hydrazine groups is 1. The molecule has 0 atom stereocenters. The highest BCUT2D eigenvalue weighted by Crippen LogP contribution is 2.11. The number of piperidine rings is 1. The molecule has 1 aliphatic heterocycles. The van der Waals surface area contributed by atoms with Crippen molar-refractivity contribution in [3.63, 3.8) is 0 Å². The summed E-state index contributed by atoms with van der Waals surface area (Å²) in [6.07, 6.45) is 4.00. The number of nitrogens with zero attached hydrogens (tertiary/aromatic N) is 1. The van der Waals surface area contributed by atoms with Crippen LogP contribution < -0.4 is 5.43 Å². The van der Waals surface area contributed by atoms with E-state index in [1.54, 1.807) is 7.11 Å². The molecule has 0 amide bonds. The summed E-state index contributed by atoms with van der Waals surface area (Å²) >= 11 is 0. The first-order valence-electron chi connectivity index (χ1n) is 6.44. The summed E-state index contributed by atoms with van der Waals surface area (Å²) in [5, 5.41) is 2.34. The van der Waals surface area contributed by atoms with Crippen LogP contribution in [0.5, 0.6) is 0 Å². The molecule has 1 heterocycles. The Balaban J connectivity index is 1.88. The second-order valence-corrected chi connectivity index (χ2v) is 4.58. The van der Waals surface area contributed by atoms with Gasteiger partial charge in [0, 0.05) is 26.7 Å². The smallest absolute Gasteiger partial charge is 0.0716 e. The number of ether oxygens (including phenoxy) is 1. The number of benzene rings is 1. The van der Waals surface area contributed by atoms with Gasteiger partial charge in [-0.25, -0.2) is 5.01 Å². The summed E-state index contributed by atoms with van der Waals surface area (Å²) in [6.45, 7) is 3.94. The molecular weight excluding hydrogens is 212 g/mol. The van der Waals surface area contributed by atoms with Gasteiger partial charge in [-0.2, -0.15) is 0 Å². The third kappa shape index (κ3) is 3.80. The van der Waals surface area contributed by atoms with Gasteiger partial charge in [0.1, 0.15) is 0 Å². The van der Waals surface area contributed by atoms with Crippen LogP contribution in [0.15, 0.2) is 24.3 Å². The van der Waals surface area contributed by atoms with E-state index in [2.05, 4.69) is 34.7 Å². The van der Waals surface area contributed by atoms with Crippen molar-refractivity contribution in [1.29, 1.82) is 0 Å². The Labute approximate surface area is 104 Å². The van der Waals surface area contributed by atoms with Gasteiger partial charge in [-0.3, -0.25) is 5.43 Å². The first kappa shape index (κ1) is 12.6. The van der Waals surface area contributed by atoms with Crippen molar-refractivity contribution >= 4 is 0 Å². The van der Waals surface area contributed by atoms with Crippen LogP contribution in [0, 0.1) is 0 Å². The summed E-state index contributed by atoms with van der Waals surface area (Å²) in [5.74, 6) is 0. The number of hydrogen-bond acceptors (Lipinski definition) is 3. The standard InChI is InChI=1S/C14H22N2O/c1-17-12-14-8-4-3-7-13(14)11-15-16-9-5-2-6-10-16/h3-4,7-8,15H,2,5-6,9-12H2,1H3. The van der Waals surface area contributed by atoms with Gasteiger partial charge in [0.2, 0.25) is 0 Å². The Kier molecular flexibility index (Phi) is 4.98. The van der Waals surface area contributed by atoms with Gasteiger partial charge in [0.15, 0.2) is 0 Å². The van der Waals surface area contributed by atoms with Crippen molar-refractivity contribution in [2.45, 2.75) is 32.4 Å². The van der Waals surface area contributed by atoms with Crippen LogP contribution in [0.3, 0.4) is 0 Å². The average molecular weight is 234 g/mol. The predicted molar refractivity (Wildman–Crippen MR) is 69.4 cm³/mol. The lowest BCUT2D eigenvalue weighted by Crippen LogP contribution is -2.41. The molecule has 1 fully saturated rings. The van der Waals surface area contributed by atoms with Crippen LogP contribution in [0.2, 0.25) is 0 Å². The van der Waals surface area contributed by atoms with Crippen LogP contribution in [-0.2, 0) is 17.9 Å². The monoisotopic (exact) mass is 234 g/mol. The van der Waals surface area contributed by atoms with Crippen LogP contribution in [0.25, 0.3) is 0 Å². The van der Waals surface area contributed by atoms with E-state index in [0.717, 1.165) is 6.54 Å². The maximum absolute atomic E-state index is 5.22. The summed E-state index contributed by atoms with van der Waals surface area (Å²) < 4.78 is 5.22. The lowest BCUT2D eigenvalue weighted by Gasteiger charge is -2.27. The number of methoxy groups -OCH3 is 1. The molecule has 1 aliphatic rings. The molecule has 0 saturated carbocycles. The van der Waals surface area contributed by atoms with Gasteiger partial charge in [-0.05, 0) is 24.0 Å². The quantitative estimate of drug-likeness (QED) is 0.846. The molecule has 0 unspecified atom stereocenters. The van der Waals surface area contributed by atoms with E-state index < -0.39 is 0 Å². The minimum Gasteiger partial charge on any atom is -0.380 e. The van der Waals surface area contributed by atoms with Crippen molar-refractivity contribution in [3.05, 3.63) is 35.4 Å². The number of rotatable bonds is 5. The molecule has 17 heavy (non-hydrogen) atoms. The van der Waals surface area contributed by atoms with E-state index >= 15 is 0 Å². The van der Waals surface area contributed by atoms with E-state index in [0.29, 0.717) is 6.61 Å². The van der Waals surface area contributed by atoms with Crippen LogP contribution in [0.1, 0.15) is 30.4 Å². The third-order valence-corrected chi connectivity index (χ3v) is 3.27. The van der Waals surface area contributed by atoms with Crippen molar-refractivity contribution in [2.24, 2.45) is 0 Å². The van der Waals surface area contributed by atoms with Crippen molar-refractivity contribution < 1.29 is 4.74 Å². The summed E-state index contributed by atoms with van der Waals surface area (Å²) in [6, 6.07) is 8.47. The van der Waals surface area contributed by atoms with E-state index in [-0.39, 0.29) is 0 Å². The second kappa shape index (κ2) is 6.74. The molecule has 94 valence electrons. The SMILES string of the molecule is COCc1ccccc1CNN1CCCCC1. The highest BCUT2D eigenvalue weighted by Gasteiger charge is 2.09. The number of hydrogen-bond donors (Lipinski definition) is 1. The maximum atomic E-state index is 5.22. The van der Waals surface area contributed by atoms with Gasteiger partial charge in [-0.1, -0.05) is 30.7 Å². The zero-order chi connectivity index (χ0) is 11.9. The molecule has 1 aromatic rings. The van der Waals surface area contributed by atoms with Crippen molar-refractivity contribution in [1.82, 2.24) is 10.4 Å². The van der Waals surface area contributed by atoms with Gasteiger partial charge in [0.25, 0.3) is 0 Å². The van der Waals surface area contributed by atoms with Crippen LogP contribution in [-0.4, -0.2) is 25.2 Å². The van der Waals surface area contributed by atoms with E-state index in [9.17, 15) is 0 Å². The second-order valence-electron chi connectivity index (χ2n) is 4.58. The fraction of sp³-hybridized carbons (Fsp3) is 0.571. The summed E-state index contributed by atoms with van der Waals surface area (Å²) in [4.78, 5) is 0. The minimum atomic E-state index is 0.692. The predicted octanol–water partition coefficient (Wildman–Crippen LogP) is 2.32. The topological polar surface area (TPSA) is 24.5 Å². The molecule has 0 spiro atoms. The molecule has 3 heteroatoms. The molecule has 1 saturated heterocycles. The van der Waals surface area contributed by atoms with Crippen LogP contribution in [0.4, 0.5) is 0 Å². The molecule has 0 aromatic heterocycles. The van der Waals surface area contributed by atoms with E-state index in [1.807, 2.05) is 0 Å². The Bertz CT molecular complexity index is 335. The molecule has 0 bridgehead atoms. The average Bonchev–Trinajstić information content (AvgIpc) is 2.39. The third-order valence-electron chi connectivity index (χ3n) is 3.27. The fourth-order valence-electron chi connectivity index (χ4n) is 2.28. The van der Waals surface area contributed by atoms with Gasteiger partial charge < -0.3 is 4.74 Å². The molecule has 2 rings (SSSR count). The highest BCUT2D eigenvalue weighted by molar-refractivity contribution is 5.26. The Hall–Kier alpha value is -0.900. The van der Waals surface area contributed by atoms with E-state index in [1.165, 1.54) is 43.5 Å². The lowest BCUT2D eigenvalue weighted by atomic mass is 10.1. The lowest BCUT2D eigenvalue weighted by molar-refractivity contribution is 0.149. The van der Waals surface area contributed by atoms with Crippen molar-refractivity contribution in [3.8, 4) is 0 Å². The van der Waals surface area contributed by atoms with Gasteiger partial charge in [-0.15, -0.1) is 0 Å². The van der Waals surface area contributed by atoms with Crippen molar-refractivity contribution in [2.75, 3.05) is 20.2 Å². The summed E-state index contributed by atoms with van der Waals surface area (Å²) in [5.41, 5.74) is 6.13. The molecule has 1 N–H and O–H groups in total. The molecule has 0 aliphatic carbocycles. The Morgan fingerprint density at radius 3 is 2.53 bits per heavy atom. The first-order valence-corrected chi connectivity index (χ1v) is 6.44. The van der Waals surface area contributed by atoms with E-state index in [4.69, 9.17) is 4.74 Å². The molecule has 0 radical (unpaired) electrons. The maximum Gasteiger partial charge on any atom is 0.0716 e. The fourth-order valence-corrected chi connectivity index (χ4v) is 2.28. The molecule has 1 aromatic carbocycles. The zero-order valence-corrected chi connectivity index (χ0v) is 10.6.